The van der Waals surface area contributed by atoms with Gasteiger partial charge >= 0.3 is 0 Å². The molecule has 0 aliphatic heterocycles. The van der Waals surface area contributed by atoms with Crippen LogP contribution in [0.1, 0.15) is 16.7 Å². The molecule has 4 aromatic rings. The Morgan fingerprint density at radius 1 is 1.11 bits per heavy atom. The van der Waals surface area contributed by atoms with Gasteiger partial charge in [-0.1, -0.05) is 58.4 Å². The third-order valence-corrected chi connectivity index (χ3v) is 5.49. The molecule has 1 aromatic heterocycles. The summed E-state index contributed by atoms with van der Waals surface area (Å²) in [5.74, 6) is 1.28. The predicted molar refractivity (Wildman–Crippen MR) is 138 cm³/mol. The molecule has 0 saturated carbocycles. The Morgan fingerprint density at radius 3 is 2.60 bits per heavy atom. The highest BCUT2D eigenvalue weighted by molar-refractivity contribution is 9.10. The van der Waals surface area contributed by atoms with E-state index in [4.69, 9.17) is 9.47 Å². The maximum absolute atomic E-state index is 12.4. The SMILES string of the molecule is COc1ccc(C=NNc2nc(-c3ccccc3)c(C#N)c(=O)[nH]2)cc1OCc1ccc(Br)cc1. The van der Waals surface area contributed by atoms with E-state index in [1.54, 1.807) is 37.6 Å². The van der Waals surface area contributed by atoms with Gasteiger partial charge in [-0.2, -0.15) is 10.4 Å². The average Bonchev–Trinajstić information content (AvgIpc) is 2.88. The van der Waals surface area contributed by atoms with E-state index in [0.717, 1.165) is 15.6 Å². The molecule has 0 aliphatic carbocycles. The molecular weight excluding hydrogens is 510 g/mol. The summed E-state index contributed by atoms with van der Waals surface area (Å²) in [5, 5.41) is 13.6. The summed E-state index contributed by atoms with van der Waals surface area (Å²) in [6, 6.07) is 24.2. The molecule has 0 atom stereocenters. The number of halogens is 1. The van der Waals surface area contributed by atoms with Crippen molar-refractivity contribution in [2.75, 3.05) is 12.5 Å². The molecule has 4 rings (SSSR count). The number of hydrazone groups is 1. The fourth-order valence-electron chi connectivity index (χ4n) is 3.23. The van der Waals surface area contributed by atoms with Crippen LogP contribution in [0.15, 0.2) is 87.2 Å². The summed E-state index contributed by atoms with van der Waals surface area (Å²) in [4.78, 5) is 19.3. The second-order valence-corrected chi connectivity index (χ2v) is 8.23. The summed E-state index contributed by atoms with van der Waals surface area (Å²) in [5.41, 5.74) is 4.80. The summed E-state index contributed by atoms with van der Waals surface area (Å²) >= 11 is 3.42. The van der Waals surface area contributed by atoms with E-state index in [1.165, 1.54) is 0 Å². The van der Waals surface area contributed by atoms with Crippen LogP contribution in [0, 0.1) is 11.3 Å². The number of aromatic amines is 1. The Bertz CT molecular complexity index is 1450. The van der Waals surface area contributed by atoms with Crippen LogP contribution in [0.5, 0.6) is 11.5 Å². The van der Waals surface area contributed by atoms with Crippen molar-refractivity contribution in [3.8, 4) is 28.8 Å². The molecule has 0 spiro atoms. The maximum atomic E-state index is 12.4. The lowest BCUT2D eigenvalue weighted by atomic mass is 10.1. The third-order valence-electron chi connectivity index (χ3n) is 4.96. The number of anilines is 1. The zero-order chi connectivity index (χ0) is 24.6. The number of H-pyrrole nitrogens is 1. The first-order chi connectivity index (χ1) is 17.1. The summed E-state index contributed by atoms with van der Waals surface area (Å²) < 4.78 is 12.4. The molecule has 0 amide bonds. The van der Waals surface area contributed by atoms with E-state index < -0.39 is 5.56 Å². The zero-order valence-electron chi connectivity index (χ0n) is 18.7. The van der Waals surface area contributed by atoms with Gasteiger partial charge < -0.3 is 9.47 Å². The van der Waals surface area contributed by atoms with Crippen LogP contribution >= 0.6 is 15.9 Å². The molecule has 174 valence electrons. The summed E-state index contributed by atoms with van der Waals surface area (Å²) in [7, 11) is 1.58. The molecule has 1 heterocycles. The van der Waals surface area contributed by atoms with Crippen molar-refractivity contribution in [3.63, 3.8) is 0 Å². The quantitative estimate of drug-likeness (QED) is 0.242. The van der Waals surface area contributed by atoms with Crippen molar-refractivity contribution in [2.45, 2.75) is 6.61 Å². The van der Waals surface area contributed by atoms with E-state index >= 15 is 0 Å². The molecule has 3 aromatic carbocycles. The van der Waals surface area contributed by atoms with Crippen molar-refractivity contribution in [1.29, 1.82) is 5.26 Å². The fraction of sp³-hybridized carbons (Fsp3) is 0.0769. The summed E-state index contributed by atoms with van der Waals surface area (Å²) in [6.45, 7) is 0.376. The standard InChI is InChI=1S/C26H20BrN5O3/c1-34-22-12-9-18(13-23(22)35-16-17-7-10-20(27)11-8-17)15-29-32-26-30-24(19-5-3-2-4-6-19)21(14-28)25(33)31-26/h2-13,15H,16H2,1H3,(H2,30,31,32,33). The molecule has 8 nitrogen and oxygen atoms in total. The molecule has 0 unspecified atom stereocenters. The van der Waals surface area contributed by atoms with Crippen LogP contribution < -0.4 is 20.5 Å². The fourth-order valence-corrected chi connectivity index (χ4v) is 3.50. The van der Waals surface area contributed by atoms with Crippen LogP contribution in [0.4, 0.5) is 5.95 Å². The first kappa shape index (κ1) is 23.7. The number of nitrogens with zero attached hydrogens (tertiary/aromatic N) is 3. The number of methoxy groups -OCH3 is 1. The minimum atomic E-state index is -0.549. The lowest BCUT2D eigenvalue weighted by Gasteiger charge is -2.11. The Balaban J connectivity index is 1.52. The van der Waals surface area contributed by atoms with Gasteiger partial charge in [0.05, 0.1) is 19.0 Å². The molecular formula is C26H20BrN5O3. The molecule has 0 radical (unpaired) electrons. The van der Waals surface area contributed by atoms with E-state index in [0.29, 0.717) is 23.7 Å². The van der Waals surface area contributed by atoms with Gasteiger partial charge in [-0.05, 0) is 41.5 Å². The number of nitrogens with one attached hydrogen (secondary N) is 2. The van der Waals surface area contributed by atoms with Gasteiger partial charge in [0.1, 0.15) is 18.2 Å². The van der Waals surface area contributed by atoms with Crippen molar-refractivity contribution in [1.82, 2.24) is 9.97 Å². The Kier molecular flexibility index (Phi) is 7.55. The minimum Gasteiger partial charge on any atom is -0.493 e. The molecule has 9 heteroatoms. The normalized spacial score (nSPS) is 10.7. The zero-order valence-corrected chi connectivity index (χ0v) is 20.2. The van der Waals surface area contributed by atoms with Crippen LogP contribution in [0.3, 0.4) is 0 Å². The molecule has 0 fully saturated rings. The Hall–Kier alpha value is -4.42. The van der Waals surface area contributed by atoms with Gasteiger partial charge in [0.15, 0.2) is 11.5 Å². The monoisotopic (exact) mass is 529 g/mol. The highest BCUT2D eigenvalue weighted by atomic mass is 79.9. The molecule has 0 bridgehead atoms. The average molecular weight is 530 g/mol. The number of hydrogen-bond acceptors (Lipinski definition) is 7. The largest absolute Gasteiger partial charge is 0.493 e. The van der Waals surface area contributed by atoms with Crippen molar-refractivity contribution in [3.05, 3.63) is 104 Å². The topological polar surface area (TPSA) is 112 Å². The molecule has 2 N–H and O–H groups in total. The van der Waals surface area contributed by atoms with E-state index in [2.05, 4.69) is 36.4 Å². The first-order valence-electron chi connectivity index (χ1n) is 10.5. The lowest BCUT2D eigenvalue weighted by molar-refractivity contribution is 0.284. The van der Waals surface area contributed by atoms with Gasteiger partial charge in [0.2, 0.25) is 5.95 Å². The Morgan fingerprint density at radius 2 is 1.89 bits per heavy atom. The van der Waals surface area contributed by atoms with Crippen molar-refractivity contribution < 1.29 is 9.47 Å². The number of ether oxygens (including phenoxy) is 2. The van der Waals surface area contributed by atoms with Gasteiger partial charge in [0, 0.05) is 10.0 Å². The molecule has 0 saturated heterocycles. The highest BCUT2D eigenvalue weighted by Crippen LogP contribution is 2.28. The minimum absolute atomic E-state index is 0.0616. The Labute approximate surface area is 210 Å². The van der Waals surface area contributed by atoms with Gasteiger partial charge in [0.25, 0.3) is 5.56 Å². The van der Waals surface area contributed by atoms with Crippen LogP contribution in [-0.2, 0) is 6.61 Å². The van der Waals surface area contributed by atoms with Crippen molar-refractivity contribution in [2.24, 2.45) is 5.10 Å². The van der Waals surface area contributed by atoms with E-state index in [1.807, 2.05) is 54.6 Å². The molecule has 0 aliphatic rings. The van der Waals surface area contributed by atoms with Gasteiger partial charge in [-0.3, -0.25) is 9.78 Å². The molecule has 35 heavy (non-hydrogen) atoms. The smallest absolute Gasteiger partial charge is 0.270 e. The highest BCUT2D eigenvalue weighted by Gasteiger charge is 2.13. The van der Waals surface area contributed by atoms with Gasteiger partial charge in [-0.25, -0.2) is 10.4 Å². The predicted octanol–water partition coefficient (Wildman–Crippen LogP) is 5.10. The number of aromatic nitrogens is 2. The first-order valence-corrected chi connectivity index (χ1v) is 11.3. The number of hydrogen-bond donors (Lipinski definition) is 2. The van der Waals surface area contributed by atoms with E-state index in [9.17, 15) is 10.1 Å². The summed E-state index contributed by atoms with van der Waals surface area (Å²) in [6.07, 6.45) is 1.56. The second kappa shape index (κ2) is 11.1. The maximum Gasteiger partial charge on any atom is 0.270 e. The lowest BCUT2D eigenvalue weighted by Crippen LogP contribution is -2.16. The number of rotatable bonds is 8. The van der Waals surface area contributed by atoms with Crippen molar-refractivity contribution >= 4 is 28.1 Å². The van der Waals surface area contributed by atoms with Crippen LogP contribution in [-0.4, -0.2) is 23.3 Å². The van der Waals surface area contributed by atoms with Crippen LogP contribution in [0.25, 0.3) is 11.3 Å². The number of benzene rings is 3. The van der Waals surface area contributed by atoms with Crippen LogP contribution in [0.2, 0.25) is 0 Å². The second-order valence-electron chi connectivity index (χ2n) is 7.31. The van der Waals surface area contributed by atoms with Gasteiger partial charge in [-0.15, -0.1) is 0 Å². The number of nitriles is 1. The van der Waals surface area contributed by atoms with E-state index in [-0.39, 0.29) is 17.2 Å². The third kappa shape index (κ3) is 5.93.